The topological polar surface area (TPSA) is 52.7 Å². The molecule has 1 N–H and O–H groups in total. The molecule has 1 unspecified atom stereocenters. The van der Waals surface area contributed by atoms with Crippen molar-refractivity contribution in [1.82, 2.24) is 10.2 Å². The lowest BCUT2D eigenvalue weighted by atomic mass is 10.1. The van der Waals surface area contributed by atoms with Gasteiger partial charge in [0.1, 0.15) is 11.7 Å². The third-order valence-electron chi connectivity index (χ3n) is 4.81. The van der Waals surface area contributed by atoms with E-state index in [0.717, 1.165) is 26.1 Å². The number of likely N-dealkylation sites (tertiary alicyclic amines) is 1. The van der Waals surface area contributed by atoms with Gasteiger partial charge in [-0.05, 0) is 69.6 Å². The van der Waals surface area contributed by atoms with Gasteiger partial charge in [0, 0.05) is 18.8 Å². The first-order valence-corrected chi connectivity index (χ1v) is 8.72. The maximum Gasteiger partial charge on any atom is 0.239 e. The van der Waals surface area contributed by atoms with Crippen molar-refractivity contribution in [3.63, 3.8) is 0 Å². The van der Waals surface area contributed by atoms with Gasteiger partial charge in [-0.25, -0.2) is 4.39 Å². The minimum atomic E-state index is -0.623. The molecule has 5 nitrogen and oxygen atoms in total. The van der Waals surface area contributed by atoms with Crippen molar-refractivity contribution in [3.8, 4) is 0 Å². The number of anilines is 1. The lowest BCUT2D eigenvalue weighted by Crippen LogP contribution is -2.38. The number of hydrogen-bond donors (Lipinski definition) is 1. The van der Waals surface area contributed by atoms with Gasteiger partial charge >= 0.3 is 0 Å². The van der Waals surface area contributed by atoms with Gasteiger partial charge in [0.15, 0.2) is 0 Å². The number of nitrogens with zero attached hydrogens (tertiary/aromatic N) is 2. The minimum absolute atomic E-state index is 0.189. The Labute approximate surface area is 141 Å². The van der Waals surface area contributed by atoms with Crippen LogP contribution in [0.15, 0.2) is 24.3 Å². The molecule has 130 valence electrons. The van der Waals surface area contributed by atoms with Gasteiger partial charge in [-0.15, -0.1) is 0 Å². The van der Waals surface area contributed by atoms with Crippen LogP contribution in [0.3, 0.4) is 0 Å². The number of amides is 2. The smallest absolute Gasteiger partial charge is 0.239 e. The molecule has 2 saturated heterocycles. The summed E-state index contributed by atoms with van der Waals surface area (Å²) in [5.41, 5.74) is 0.644. The fraction of sp³-hybridized carbons (Fsp3) is 0.556. The van der Waals surface area contributed by atoms with Gasteiger partial charge in [0.25, 0.3) is 0 Å². The van der Waals surface area contributed by atoms with Crippen LogP contribution < -0.4 is 10.2 Å². The largest absolute Gasteiger partial charge is 0.355 e. The highest BCUT2D eigenvalue weighted by molar-refractivity contribution is 6.09. The van der Waals surface area contributed by atoms with Gasteiger partial charge in [0.2, 0.25) is 11.8 Å². The number of nitrogens with one attached hydrogen (secondary N) is 1. The first-order chi connectivity index (χ1) is 11.6. The van der Waals surface area contributed by atoms with Crippen molar-refractivity contribution < 1.29 is 14.0 Å². The summed E-state index contributed by atoms with van der Waals surface area (Å²) in [6.45, 7) is 4.41. The van der Waals surface area contributed by atoms with E-state index in [1.165, 1.54) is 25.0 Å². The molecule has 2 amide bonds. The van der Waals surface area contributed by atoms with E-state index in [-0.39, 0.29) is 17.6 Å². The predicted molar refractivity (Wildman–Crippen MR) is 90.2 cm³/mol. The normalized spacial score (nSPS) is 21.5. The van der Waals surface area contributed by atoms with E-state index in [4.69, 9.17) is 0 Å². The van der Waals surface area contributed by atoms with Crippen molar-refractivity contribution in [1.29, 1.82) is 0 Å². The van der Waals surface area contributed by atoms with Gasteiger partial charge in [0.05, 0.1) is 0 Å². The molecule has 0 spiro atoms. The van der Waals surface area contributed by atoms with Crippen LogP contribution in [0.2, 0.25) is 0 Å². The summed E-state index contributed by atoms with van der Waals surface area (Å²) in [6.07, 6.45) is 3.95. The number of hydrogen-bond acceptors (Lipinski definition) is 3. The van der Waals surface area contributed by atoms with E-state index in [9.17, 15) is 14.0 Å². The average Bonchev–Trinajstić information content (AvgIpc) is 3.22. The number of halogens is 1. The molecule has 2 fully saturated rings. The molecule has 0 radical (unpaired) electrons. The molecule has 0 aliphatic carbocycles. The van der Waals surface area contributed by atoms with Crippen LogP contribution in [0.4, 0.5) is 10.1 Å². The molecule has 2 aliphatic heterocycles. The third-order valence-corrected chi connectivity index (χ3v) is 4.81. The van der Waals surface area contributed by atoms with Gasteiger partial charge in [-0.3, -0.25) is 9.59 Å². The molecule has 1 aromatic carbocycles. The van der Waals surface area contributed by atoms with Gasteiger partial charge < -0.3 is 15.1 Å². The molecular weight excluding hydrogens is 309 g/mol. The second kappa shape index (κ2) is 7.75. The molecule has 1 aromatic rings. The van der Waals surface area contributed by atoms with Crippen LogP contribution in [-0.4, -0.2) is 49.4 Å². The van der Waals surface area contributed by atoms with Crippen LogP contribution in [0.1, 0.15) is 25.7 Å². The van der Waals surface area contributed by atoms with E-state index in [2.05, 4.69) is 10.2 Å². The summed E-state index contributed by atoms with van der Waals surface area (Å²) in [7, 11) is 0. The number of rotatable bonds is 6. The van der Waals surface area contributed by atoms with Crippen LogP contribution in [-0.2, 0) is 9.59 Å². The summed E-state index contributed by atoms with van der Waals surface area (Å²) in [4.78, 5) is 28.7. The highest BCUT2D eigenvalue weighted by Crippen LogP contribution is 2.25. The fourth-order valence-electron chi connectivity index (χ4n) is 3.44. The highest BCUT2D eigenvalue weighted by atomic mass is 19.1. The molecule has 0 aromatic heterocycles. The molecule has 24 heavy (non-hydrogen) atoms. The summed E-state index contributed by atoms with van der Waals surface area (Å²) >= 11 is 0. The van der Waals surface area contributed by atoms with Crippen LogP contribution in [0.25, 0.3) is 0 Å². The summed E-state index contributed by atoms with van der Waals surface area (Å²) in [5, 5.41) is 2.89. The highest BCUT2D eigenvalue weighted by Gasteiger charge is 2.37. The molecule has 0 bridgehead atoms. The molecular formula is C18H24FN3O2. The Morgan fingerprint density at radius 1 is 1.17 bits per heavy atom. The lowest BCUT2D eigenvalue weighted by Gasteiger charge is -2.17. The Balaban J connectivity index is 1.45. The molecule has 6 heteroatoms. The minimum Gasteiger partial charge on any atom is -0.355 e. The van der Waals surface area contributed by atoms with Crippen LogP contribution in [0, 0.1) is 11.7 Å². The molecule has 2 aliphatic rings. The second-order valence-corrected chi connectivity index (χ2v) is 6.50. The van der Waals surface area contributed by atoms with E-state index in [0.29, 0.717) is 25.2 Å². The van der Waals surface area contributed by atoms with Crippen molar-refractivity contribution in [2.45, 2.75) is 25.7 Å². The monoisotopic (exact) mass is 333 g/mol. The number of carbonyl (C=O) groups is 2. The van der Waals surface area contributed by atoms with E-state index in [1.54, 1.807) is 17.0 Å². The summed E-state index contributed by atoms with van der Waals surface area (Å²) in [5.74, 6) is -1.34. The standard InChI is InChI=1S/C18H24FN3O2/c19-14-4-6-15(7-5-14)22-13-8-16(18(22)24)17(23)20-9-3-12-21-10-1-2-11-21/h4-7,16H,1-3,8-13H2,(H,20,23). The first kappa shape index (κ1) is 16.9. The SMILES string of the molecule is O=C(NCCCN1CCCC1)C1CCN(c2ccc(F)cc2)C1=O. The van der Waals surface area contributed by atoms with E-state index in [1.807, 2.05) is 0 Å². The third kappa shape index (κ3) is 3.93. The van der Waals surface area contributed by atoms with Gasteiger partial charge in [-0.1, -0.05) is 0 Å². The van der Waals surface area contributed by atoms with Crippen LogP contribution in [0.5, 0.6) is 0 Å². The second-order valence-electron chi connectivity index (χ2n) is 6.50. The van der Waals surface area contributed by atoms with Crippen molar-refractivity contribution >= 4 is 17.5 Å². The molecule has 1 atom stereocenters. The summed E-state index contributed by atoms with van der Waals surface area (Å²) in [6, 6.07) is 5.80. The molecule has 2 heterocycles. The predicted octanol–water partition coefficient (Wildman–Crippen LogP) is 1.78. The van der Waals surface area contributed by atoms with Gasteiger partial charge in [-0.2, -0.15) is 0 Å². The van der Waals surface area contributed by atoms with E-state index < -0.39 is 5.92 Å². The fourth-order valence-corrected chi connectivity index (χ4v) is 3.44. The van der Waals surface area contributed by atoms with Crippen molar-refractivity contribution in [2.24, 2.45) is 5.92 Å². The Morgan fingerprint density at radius 2 is 1.88 bits per heavy atom. The van der Waals surface area contributed by atoms with Crippen LogP contribution >= 0.6 is 0 Å². The van der Waals surface area contributed by atoms with Crippen molar-refractivity contribution in [2.75, 3.05) is 37.6 Å². The zero-order valence-corrected chi connectivity index (χ0v) is 13.8. The first-order valence-electron chi connectivity index (χ1n) is 8.72. The zero-order valence-electron chi connectivity index (χ0n) is 13.8. The average molecular weight is 333 g/mol. The Bertz CT molecular complexity index is 584. The number of carbonyl (C=O) groups excluding carboxylic acids is 2. The molecule has 0 saturated carbocycles. The zero-order chi connectivity index (χ0) is 16.9. The number of benzene rings is 1. The molecule has 3 rings (SSSR count). The lowest BCUT2D eigenvalue weighted by molar-refractivity contribution is -0.132. The summed E-state index contributed by atoms with van der Waals surface area (Å²) < 4.78 is 13.0. The van der Waals surface area contributed by atoms with E-state index >= 15 is 0 Å². The van der Waals surface area contributed by atoms with Crippen molar-refractivity contribution in [3.05, 3.63) is 30.1 Å². The maximum atomic E-state index is 13.0. The Kier molecular flexibility index (Phi) is 5.45. The Morgan fingerprint density at radius 3 is 2.58 bits per heavy atom. The quantitative estimate of drug-likeness (QED) is 0.638. The maximum absolute atomic E-state index is 13.0. The Hall–Kier alpha value is -1.95.